The van der Waals surface area contributed by atoms with E-state index in [1.165, 1.54) is 12.8 Å². The molecule has 0 spiro atoms. The topological polar surface area (TPSA) is 46.9 Å². The fourth-order valence-corrected chi connectivity index (χ4v) is 2.71. The molecule has 1 aromatic heterocycles. The van der Waals surface area contributed by atoms with E-state index < -0.39 is 0 Å². The smallest absolute Gasteiger partial charge is 0.222 e. The van der Waals surface area contributed by atoms with Crippen molar-refractivity contribution in [2.75, 3.05) is 0 Å². The molecule has 1 N–H and O–H groups in total. The predicted molar refractivity (Wildman–Crippen MR) is 71.0 cm³/mol. The van der Waals surface area contributed by atoms with Gasteiger partial charge in [0.2, 0.25) is 5.91 Å². The molecule has 0 radical (unpaired) electrons. The van der Waals surface area contributed by atoms with E-state index in [-0.39, 0.29) is 5.91 Å². The summed E-state index contributed by atoms with van der Waals surface area (Å²) >= 11 is 0. The fourth-order valence-electron chi connectivity index (χ4n) is 2.71. The van der Waals surface area contributed by atoms with Crippen LogP contribution >= 0.6 is 0 Å². The maximum absolute atomic E-state index is 11.9. The largest absolute Gasteiger partial charge is 0.353 e. The highest BCUT2D eigenvalue weighted by molar-refractivity contribution is 5.76. The number of aryl methyl sites for hydroxylation is 1. The highest BCUT2D eigenvalue weighted by Gasteiger charge is 2.27. The lowest BCUT2D eigenvalue weighted by molar-refractivity contribution is -0.122. The van der Waals surface area contributed by atoms with Gasteiger partial charge in [-0.2, -0.15) is 5.10 Å². The summed E-state index contributed by atoms with van der Waals surface area (Å²) in [4.78, 5) is 11.9. The lowest BCUT2D eigenvalue weighted by atomic mass is 9.78. The Balaban J connectivity index is 1.76. The van der Waals surface area contributed by atoms with Crippen molar-refractivity contribution in [2.24, 2.45) is 11.8 Å². The number of hydrogen-bond donors (Lipinski definition) is 1. The van der Waals surface area contributed by atoms with E-state index in [1.54, 1.807) is 10.9 Å². The Bertz CT molecular complexity index is 374. The van der Waals surface area contributed by atoms with Crippen LogP contribution in [0.3, 0.4) is 0 Å². The SMILES string of the molecule is CC1CCCC(NC(=O)CCn2cccn2)C1C. The molecule has 3 atom stereocenters. The number of nitrogens with one attached hydrogen (secondary N) is 1. The monoisotopic (exact) mass is 249 g/mol. The summed E-state index contributed by atoms with van der Waals surface area (Å²) in [6.07, 6.45) is 7.79. The standard InChI is InChI=1S/C14H23N3O/c1-11-5-3-6-13(12(11)2)16-14(18)7-10-17-9-4-8-15-17/h4,8-9,11-13H,3,5-7,10H2,1-2H3,(H,16,18). The van der Waals surface area contributed by atoms with E-state index in [1.807, 2.05) is 12.3 Å². The molecule has 1 aromatic rings. The molecule has 1 amide bonds. The van der Waals surface area contributed by atoms with Gasteiger partial charge in [-0.15, -0.1) is 0 Å². The molecule has 0 bridgehead atoms. The molecule has 0 saturated heterocycles. The van der Waals surface area contributed by atoms with Gasteiger partial charge in [0.05, 0.1) is 0 Å². The predicted octanol–water partition coefficient (Wildman–Crippen LogP) is 2.21. The maximum Gasteiger partial charge on any atom is 0.222 e. The van der Waals surface area contributed by atoms with Crippen LogP contribution in [0.1, 0.15) is 39.5 Å². The summed E-state index contributed by atoms with van der Waals surface area (Å²) in [6, 6.07) is 2.24. The van der Waals surface area contributed by atoms with Crippen LogP contribution in [0.5, 0.6) is 0 Å². The Morgan fingerprint density at radius 1 is 1.44 bits per heavy atom. The maximum atomic E-state index is 11.9. The Hall–Kier alpha value is -1.32. The molecule has 4 nitrogen and oxygen atoms in total. The van der Waals surface area contributed by atoms with Gasteiger partial charge in [0.15, 0.2) is 0 Å². The molecule has 1 aliphatic carbocycles. The number of aromatic nitrogens is 2. The quantitative estimate of drug-likeness (QED) is 0.889. The molecule has 0 aliphatic heterocycles. The first-order valence-electron chi connectivity index (χ1n) is 6.93. The lowest BCUT2D eigenvalue weighted by Gasteiger charge is -2.34. The van der Waals surface area contributed by atoms with Gasteiger partial charge in [0.1, 0.15) is 0 Å². The first-order valence-corrected chi connectivity index (χ1v) is 6.93. The van der Waals surface area contributed by atoms with Crippen LogP contribution in [0.15, 0.2) is 18.5 Å². The van der Waals surface area contributed by atoms with Crippen LogP contribution in [-0.2, 0) is 11.3 Å². The zero-order valence-electron chi connectivity index (χ0n) is 11.3. The van der Waals surface area contributed by atoms with Crippen LogP contribution in [0.4, 0.5) is 0 Å². The van der Waals surface area contributed by atoms with Crippen molar-refractivity contribution in [3.05, 3.63) is 18.5 Å². The van der Waals surface area contributed by atoms with Crippen molar-refractivity contribution < 1.29 is 4.79 Å². The zero-order valence-corrected chi connectivity index (χ0v) is 11.3. The average molecular weight is 249 g/mol. The van der Waals surface area contributed by atoms with Crippen LogP contribution in [0.2, 0.25) is 0 Å². The Labute approximate surface area is 109 Å². The highest BCUT2D eigenvalue weighted by atomic mass is 16.1. The van der Waals surface area contributed by atoms with Crippen molar-refractivity contribution in [3.63, 3.8) is 0 Å². The molecule has 1 saturated carbocycles. The van der Waals surface area contributed by atoms with Gasteiger partial charge in [0, 0.05) is 31.4 Å². The second kappa shape index (κ2) is 6.03. The van der Waals surface area contributed by atoms with Gasteiger partial charge < -0.3 is 5.32 Å². The first-order chi connectivity index (χ1) is 8.66. The second-order valence-corrected chi connectivity index (χ2v) is 5.46. The van der Waals surface area contributed by atoms with E-state index in [2.05, 4.69) is 24.3 Å². The molecule has 4 heteroatoms. The molecule has 18 heavy (non-hydrogen) atoms. The summed E-state index contributed by atoms with van der Waals surface area (Å²) in [6.45, 7) is 5.20. The van der Waals surface area contributed by atoms with E-state index in [0.717, 1.165) is 12.3 Å². The molecular weight excluding hydrogens is 226 g/mol. The van der Waals surface area contributed by atoms with Crippen molar-refractivity contribution in [1.29, 1.82) is 0 Å². The van der Waals surface area contributed by atoms with Crippen molar-refractivity contribution in [1.82, 2.24) is 15.1 Å². The number of rotatable bonds is 4. The number of amides is 1. The lowest BCUT2D eigenvalue weighted by Crippen LogP contribution is -2.43. The summed E-state index contributed by atoms with van der Waals surface area (Å²) in [5, 5.41) is 7.28. The van der Waals surface area contributed by atoms with Gasteiger partial charge in [-0.3, -0.25) is 9.48 Å². The third-order valence-electron chi connectivity index (χ3n) is 4.18. The number of carbonyl (C=O) groups is 1. The molecule has 2 rings (SSSR count). The van der Waals surface area contributed by atoms with Crippen LogP contribution in [0.25, 0.3) is 0 Å². The molecule has 3 unspecified atom stereocenters. The Morgan fingerprint density at radius 3 is 3.00 bits per heavy atom. The molecule has 1 fully saturated rings. The number of carbonyl (C=O) groups excluding carboxylic acids is 1. The average Bonchev–Trinajstić information content (AvgIpc) is 2.86. The van der Waals surface area contributed by atoms with Crippen molar-refractivity contribution in [3.8, 4) is 0 Å². The number of nitrogens with zero attached hydrogens (tertiary/aromatic N) is 2. The van der Waals surface area contributed by atoms with E-state index >= 15 is 0 Å². The minimum atomic E-state index is 0.149. The highest BCUT2D eigenvalue weighted by Crippen LogP contribution is 2.29. The van der Waals surface area contributed by atoms with Gasteiger partial charge >= 0.3 is 0 Å². The molecule has 1 aliphatic rings. The summed E-state index contributed by atoms with van der Waals surface area (Å²) in [5.41, 5.74) is 0. The summed E-state index contributed by atoms with van der Waals surface area (Å²) < 4.78 is 1.80. The zero-order chi connectivity index (χ0) is 13.0. The van der Waals surface area contributed by atoms with Crippen LogP contribution < -0.4 is 5.32 Å². The van der Waals surface area contributed by atoms with Gasteiger partial charge in [-0.05, 0) is 24.3 Å². The van der Waals surface area contributed by atoms with Crippen molar-refractivity contribution in [2.45, 2.75) is 52.1 Å². The van der Waals surface area contributed by atoms with E-state index in [0.29, 0.717) is 24.9 Å². The van der Waals surface area contributed by atoms with Crippen LogP contribution in [-0.4, -0.2) is 21.7 Å². The Morgan fingerprint density at radius 2 is 2.28 bits per heavy atom. The first kappa shape index (κ1) is 13.1. The molecular formula is C14H23N3O. The van der Waals surface area contributed by atoms with Gasteiger partial charge in [-0.25, -0.2) is 0 Å². The van der Waals surface area contributed by atoms with Gasteiger partial charge in [0.25, 0.3) is 0 Å². The second-order valence-electron chi connectivity index (χ2n) is 5.46. The third kappa shape index (κ3) is 3.34. The minimum absolute atomic E-state index is 0.149. The van der Waals surface area contributed by atoms with E-state index in [9.17, 15) is 4.79 Å². The minimum Gasteiger partial charge on any atom is -0.353 e. The third-order valence-corrected chi connectivity index (χ3v) is 4.18. The Kier molecular flexibility index (Phi) is 4.39. The van der Waals surface area contributed by atoms with Crippen LogP contribution in [0, 0.1) is 11.8 Å². The summed E-state index contributed by atoms with van der Waals surface area (Å²) in [5.74, 6) is 1.46. The molecule has 0 aromatic carbocycles. The van der Waals surface area contributed by atoms with Crippen molar-refractivity contribution >= 4 is 5.91 Å². The fraction of sp³-hybridized carbons (Fsp3) is 0.714. The number of hydrogen-bond acceptors (Lipinski definition) is 2. The molecule has 1 heterocycles. The normalized spacial score (nSPS) is 28.0. The summed E-state index contributed by atoms with van der Waals surface area (Å²) in [7, 11) is 0. The molecule has 100 valence electrons. The van der Waals surface area contributed by atoms with E-state index in [4.69, 9.17) is 0 Å². The van der Waals surface area contributed by atoms with Gasteiger partial charge in [-0.1, -0.05) is 26.7 Å².